The number of benzene rings is 2. The zero-order valence-corrected chi connectivity index (χ0v) is 14.4. The zero-order chi connectivity index (χ0) is 10.3. The van der Waals surface area contributed by atoms with Gasteiger partial charge in [0, 0.05) is 0 Å². The van der Waals surface area contributed by atoms with E-state index in [1.54, 1.807) is 0 Å². The second-order valence-corrected chi connectivity index (χ2v) is 10.5. The Morgan fingerprint density at radius 2 is 1.00 bits per heavy atom. The van der Waals surface area contributed by atoms with Gasteiger partial charge in [-0.15, -0.1) is 0 Å². The van der Waals surface area contributed by atoms with E-state index < -0.39 is 24.6 Å². The van der Waals surface area contributed by atoms with Crippen molar-refractivity contribution >= 4 is 0 Å². The summed E-state index contributed by atoms with van der Waals surface area (Å²) in [5.41, 5.74) is 3.07. The molecule has 0 unspecified atom stereocenters. The molecule has 72 valence electrons. The monoisotopic (exact) mass is 384 g/mol. The fourth-order valence-corrected chi connectivity index (χ4v) is 8.24. The standard InChI is InChI=1S/2C7H7.Hg/c2*1-7-5-3-2-4-6-7;/h2*2-6H,1H2;. The van der Waals surface area contributed by atoms with Crippen LogP contribution in [-0.4, -0.2) is 0 Å². The second kappa shape index (κ2) is 6.07. The summed E-state index contributed by atoms with van der Waals surface area (Å²) in [6.45, 7) is 0. The average molecular weight is 383 g/mol. The molecule has 0 heterocycles. The Hall–Kier alpha value is -0.625. The third-order valence-electron chi connectivity index (χ3n) is 2.62. The van der Waals surface area contributed by atoms with Gasteiger partial charge in [-0.05, 0) is 0 Å². The molecule has 2 aromatic carbocycles. The molecule has 0 N–H and O–H groups in total. The second-order valence-electron chi connectivity index (χ2n) is 3.82. The Morgan fingerprint density at radius 1 is 0.600 bits per heavy atom. The SMILES string of the molecule is c1ccc([CH2][Hg][CH2]c2ccccc2)cc1. The van der Waals surface area contributed by atoms with Crippen molar-refractivity contribution in [3.05, 3.63) is 71.8 Å². The van der Waals surface area contributed by atoms with Gasteiger partial charge in [0.15, 0.2) is 0 Å². The van der Waals surface area contributed by atoms with Gasteiger partial charge in [0.05, 0.1) is 0 Å². The van der Waals surface area contributed by atoms with Crippen molar-refractivity contribution in [2.75, 3.05) is 0 Å². The molecule has 2 aromatic rings. The van der Waals surface area contributed by atoms with E-state index in [1.807, 2.05) is 0 Å². The van der Waals surface area contributed by atoms with E-state index in [0.717, 1.165) is 0 Å². The topological polar surface area (TPSA) is 0 Å². The summed E-state index contributed by atoms with van der Waals surface area (Å²) in [7, 11) is 0. The molecule has 0 aliphatic carbocycles. The van der Waals surface area contributed by atoms with Crippen LogP contribution in [0.2, 0.25) is 0 Å². The van der Waals surface area contributed by atoms with Crippen LogP contribution in [0.5, 0.6) is 0 Å². The van der Waals surface area contributed by atoms with Gasteiger partial charge < -0.3 is 0 Å². The van der Waals surface area contributed by atoms with Gasteiger partial charge in [-0.3, -0.25) is 0 Å². The number of hydrogen-bond acceptors (Lipinski definition) is 0. The summed E-state index contributed by atoms with van der Waals surface area (Å²) in [6, 6.07) is 21.8. The summed E-state index contributed by atoms with van der Waals surface area (Å²) < 4.78 is 2.80. The van der Waals surface area contributed by atoms with Gasteiger partial charge in [-0.2, -0.15) is 0 Å². The van der Waals surface area contributed by atoms with Gasteiger partial charge in [-0.1, -0.05) is 0 Å². The third-order valence-corrected chi connectivity index (χ3v) is 9.85. The summed E-state index contributed by atoms with van der Waals surface area (Å²) in [5.74, 6) is 0. The van der Waals surface area contributed by atoms with Crippen molar-refractivity contribution in [2.24, 2.45) is 0 Å². The van der Waals surface area contributed by atoms with Crippen molar-refractivity contribution in [1.82, 2.24) is 0 Å². The van der Waals surface area contributed by atoms with Gasteiger partial charge in [0.2, 0.25) is 0 Å². The first kappa shape index (κ1) is 10.9. The first-order chi connectivity index (χ1) is 7.45. The predicted octanol–water partition coefficient (Wildman–Crippen LogP) is 3.47. The molecule has 0 bridgehead atoms. The van der Waals surface area contributed by atoms with Crippen LogP contribution in [0.15, 0.2) is 60.7 Å². The Kier molecular flexibility index (Phi) is 4.40. The van der Waals surface area contributed by atoms with Crippen LogP contribution in [0.1, 0.15) is 11.1 Å². The normalized spacial score (nSPS) is 9.60. The van der Waals surface area contributed by atoms with Gasteiger partial charge in [0.1, 0.15) is 0 Å². The van der Waals surface area contributed by atoms with Crippen molar-refractivity contribution < 1.29 is 24.6 Å². The van der Waals surface area contributed by atoms with E-state index in [0.29, 0.717) is 0 Å². The molecule has 0 aromatic heterocycles. The summed E-state index contributed by atoms with van der Waals surface area (Å²) in [5, 5.41) is 0. The molecule has 0 radical (unpaired) electrons. The van der Waals surface area contributed by atoms with E-state index in [2.05, 4.69) is 60.7 Å². The summed E-state index contributed by atoms with van der Waals surface area (Å²) in [6.07, 6.45) is 0. The van der Waals surface area contributed by atoms with Gasteiger partial charge in [0.25, 0.3) is 0 Å². The van der Waals surface area contributed by atoms with Crippen molar-refractivity contribution in [1.29, 1.82) is 0 Å². The van der Waals surface area contributed by atoms with E-state index in [1.165, 1.54) is 19.0 Å². The molecule has 0 nitrogen and oxygen atoms in total. The van der Waals surface area contributed by atoms with Crippen LogP contribution in [0, 0.1) is 0 Å². The Balaban J connectivity index is 1.81. The summed E-state index contributed by atoms with van der Waals surface area (Å²) in [4.78, 5) is 0. The molecule has 0 saturated heterocycles. The van der Waals surface area contributed by atoms with E-state index in [4.69, 9.17) is 0 Å². The van der Waals surface area contributed by atoms with Gasteiger partial charge >= 0.3 is 104 Å². The molecule has 0 atom stereocenters. The van der Waals surface area contributed by atoms with E-state index >= 15 is 0 Å². The van der Waals surface area contributed by atoms with Crippen LogP contribution in [-0.2, 0) is 32.4 Å². The molecule has 0 aliphatic rings. The summed E-state index contributed by atoms with van der Waals surface area (Å²) >= 11 is -0.715. The molecule has 0 aliphatic heterocycles. The fraction of sp³-hybridized carbons (Fsp3) is 0.143. The number of hydrogen-bond donors (Lipinski definition) is 0. The molecule has 0 saturated carbocycles. The molecule has 0 spiro atoms. The minimum atomic E-state index is -0.715. The molecule has 2 rings (SSSR count). The maximum absolute atomic E-state index is 2.25. The quantitative estimate of drug-likeness (QED) is 0.710. The van der Waals surface area contributed by atoms with Gasteiger partial charge in [-0.25, -0.2) is 0 Å². The molecule has 0 fully saturated rings. The van der Waals surface area contributed by atoms with Crippen molar-refractivity contribution in [2.45, 2.75) is 7.86 Å². The van der Waals surface area contributed by atoms with Crippen LogP contribution < -0.4 is 0 Å². The van der Waals surface area contributed by atoms with Crippen LogP contribution in [0.3, 0.4) is 0 Å². The molecule has 0 amide bonds. The average Bonchev–Trinajstić information content (AvgIpc) is 2.32. The van der Waals surface area contributed by atoms with Crippen LogP contribution in [0.4, 0.5) is 0 Å². The zero-order valence-electron chi connectivity index (χ0n) is 8.89. The first-order valence-corrected chi connectivity index (χ1v) is 13.3. The van der Waals surface area contributed by atoms with E-state index in [9.17, 15) is 0 Å². The molecular weight excluding hydrogens is 369 g/mol. The molecule has 15 heavy (non-hydrogen) atoms. The molecule has 1 heteroatoms. The van der Waals surface area contributed by atoms with Crippen molar-refractivity contribution in [3.8, 4) is 0 Å². The maximum atomic E-state index is 2.25. The Morgan fingerprint density at radius 3 is 1.40 bits per heavy atom. The van der Waals surface area contributed by atoms with Crippen LogP contribution >= 0.6 is 0 Å². The Labute approximate surface area is 104 Å². The van der Waals surface area contributed by atoms with Crippen molar-refractivity contribution in [3.63, 3.8) is 0 Å². The third kappa shape index (κ3) is 3.79. The fourth-order valence-electron chi connectivity index (χ4n) is 1.79. The first-order valence-electron chi connectivity index (χ1n) is 5.53. The Bertz CT molecular complexity index is 341. The number of rotatable bonds is 4. The predicted molar refractivity (Wildman–Crippen MR) is 60.3 cm³/mol. The van der Waals surface area contributed by atoms with Crippen LogP contribution in [0.25, 0.3) is 0 Å². The van der Waals surface area contributed by atoms with E-state index in [-0.39, 0.29) is 0 Å². The minimum absolute atomic E-state index is 0.715. The molecular formula is C14H14Hg.